The van der Waals surface area contributed by atoms with Crippen molar-refractivity contribution in [3.8, 4) is 5.75 Å². The summed E-state index contributed by atoms with van der Waals surface area (Å²) in [5.74, 6) is 0.963. The minimum Gasteiger partial charge on any atom is -0.544 e. The average molecular weight is 262 g/mol. The minimum atomic E-state index is -1.68. The molecule has 0 saturated carbocycles. The number of H-pyrrole nitrogens is 1. The highest BCUT2D eigenvalue weighted by atomic mass is 28.4. The second-order valence-electron chi connectivity index (χ2n) is 6.72. The van der Waals surface area contributed by atoms with Crippen LogP contribution in [0.1, 0.15) is 20.8 Å². The highest BCUT2D eigenvalue weighted by Crippen LogP contribution is 2.30. The van der Waals surface area contributed by atoms with Gasteiger partial charge in [-0.3, -0.25) is 5.10 Å². The molecule has 0 radical (unpaired) electrons. The molecule has 1 aromatic heterocycles. The summed E-state index contributed by atoms with van der Waals surface area (Å²) in [7, 11) is -1.68. The van der Waals surface area contributed by atoms with Crippen LogP contribution < -0.4 is 4.43 Å². The third kappa shape index (κ3) is 3.35. The molecule has 1 aromatic carbocycles. The number of hydrogen-bond donors (Lipinski definition) is 1. The van der Waals surface area contributed by atoms with Crippen molar-refractivity contribution in [2.75, 3.05) is 0 Å². The van der Waals surface area contributed by atoms with Gasteiger partial charge < -0.3 is 4.43 Å². The molecule has 0 aliphatic rings. The zero-order valence-electron chi connectivity index (χ0n) is 11.9. The number of aromatic amines is 1. The van der Waals surface area contributed by atoms with E-state index in [1.54, 1.807) is 0 Å². The number of rotatable bonds is 3. The Morgan fingerprint density at radius 3 is 2.67 bits per heavy atom. The quantitative estimate of drug-likeness (QED) is 0.842. The van der Waals surface area contributed by atoms with Crippen LogP contribution in [0.5, 0.6) is 5.75 Å². The van der Waals surface area contributed by atoms with E-state index >= 15 is 0 Å². The minimum absolute atomic E-state index is 0.315. The van der Waals surface area contributed by atoms with Crippen molar-refractivity contribution in [2.45, 2.75) is 39.9 Å². The Hall–Kier alpha value is -1.29. The third-order valence-corrected chi connectivity index (χ3v) is 5.46. The standard InChI is InChI=1S/C14H22N2OSi/c1-14(2,3)10-18(4,5)17-12-6-7-13-11(8-12)9-15-16-13/h6-9H,10H2,1-5H3,(H,15,16). The van der Waals surface area contributed by atoms with Gasteiger partial charge in [-0.15, -0.1) is 0 Å². The van der Waals surface area contributed by atoms with Crippen molar-refractivity contribution in [3.05, 3.63) is 24.4 Å². The molecule has 0 fully saturated rings. The maximum atomic E-state index is 6.25. The molecular weight excluding hydrogens is 240 g/mol. The molecule has 2 aromatic rings. The Bertz CT molecular complexity index is 540. The van der Waals surface area contributed by atoms with Crippen LogP contribution in [0.2, 0.25) is 19.1 Å². The largest absolute Gasteiger partial charge is 0.544 e. The van der Waals surface area contributed by atoms with Crippen molar-refractivity contribution >= 4 is 19.2 Å². The summed E-state index contributed by atoms with van der Waals surface area (Å²) in [6, 6.07) is 7.26. The maximum Gasteiger partial charge on any atom is 0.245 e. The van der Waals surface area contributed by atoms with Gasteiger partial charge in [0.1, 0.15) is 5.75 Å². The molecule has 4 heteroatoms. The summed E-state index contributed by atoms with van der Waals surface area (Å²) >= 11 is 0. The van der Waals surface area contributed by atoms with Crippen molar-refractivity contribution in [1.29, 1.82) is 0 Å². The van der Waals surface area contributed by atoms with E-state index in [0.717, 1.165) is 22.7 Å². The predicted molar refractivity (Wildman–Crippen MR) is 78.5 cm³/mol. The normalized spacial score (nSPS) is 12.9. The highest BCUT2D eigenvalue weighted by molar-refractivity contribution is 6.72. The molecule has 1 heterocycles. The molecule has 0 aliphatic heterocycles. The Morgan fingerprint density at radius 2 is 2.00 bits per heavy atom. The SMILES string of the molecule is CC(C)(C)C[Si](C)(C)Oc1ccc2[nH]ncc2c1. The zero-order chi connectivity index (χ0) is 13.4. The van der Waals surface area contributed by atoms with Crippen LogP contribution in [0.15, 0.2) is 24.4 Å². The first-order valence-electron chi connectivity index (χ1n) is 6.37. The summed E-state index contributed by atoms with van der Waals surface area (Å²) < 4.78 is 6.25. The van der Waals surface area contributed by atoms with Crippen LogP contribution in [0, 0.1) is 5.41 Å². The van der Waals surface area contributed by atoms with E-state index in [4.69, 9.17) is 4.43 Å². The van der Waals surface area contributed by atoms with E-state index in [1.165, 1.54) is 0 Å². The van der Waals surface area contributed by atoms with E-state index in [1.807, 2.05) is 18.3 Å². The zero-order valence-corrected chi connectivity index (χ0v) is 12.9. The van der Waals surface area contributed by atoms with Crippen LogP contribution in [0.4, 0.5) is 0 Å². The fourth-order valence-corrected chi connectivity index (χ4v) is 6.01. The van der Waals surface area contributed by atoms with Crippen molar-refractivity contribution in [1.82, 2.24) is 10.2 Å². The number of aromatic nitrogens is 2. The molecule has 2 rings (SSSR count). The summed E-state index contributed by atoms with van der Waals surface area (Å²) in [5.41, 5.74) is 1.37. The van der Waals surface area contributed by atoms with Gasteiger partial charge in [0.25, 0.3) is 0 Å². The molecule has 3 nitrogen and oxygen atoms in total. The molecular formula is C14H22N2OSi. The first-order chi connectivity index (χ1) is 8.25. The van der Waals surface area contributed by atoms with E-state index in [-0.39, 0.29) is 0 Å². The molecule has 0 aliphatic carbocycles. The number of nitrogens with one attached hydrogen (secondary N) is 1. The van der Waals surface area contributed by atoms with E-state index in [2.05, 4.69) is 50.1 Å². The van der Waals surface area contributed by atoms with Crippen LogP contribution >= 0.6 is 0 Å². The fourth-order valence-electron chi connectivity index (χ4n) is 2.62. The summed E-state index contributed by atoms with van der Waals surface area (Å²) in [6.45, 7) is 11.4. The van der Waals surface area contributed by atoms with Gasteiger partial charge in [0.15, 0.2) is 0 Å². The predicted octanol–water partition coefficient (Wildman–Crippen LogP) is 4.19. The summed E-state index contributed by atoms with van der Waals surface area (Å²) in [5, 5.41) is 8.09. The molecule has 98 valence electrons. The second-order valence-corrected chi connectivity index (χ2v) is 10.8. The average Bonchev–Trinajstić information content (AvgIpc) is 2.59. The summed E-state index contributed by atoms with van der Waals surface area (Å²) in [4.78, 5) is 0. The van der Waals surface area contributed by atoms with Gasteiger partial charge in [0, 0.05) is 5.39 Å². The third-order valence-electron chi connectivity index (χ3n) is 2.76. The Balaban J connectivity index is 2.17. The molecule has 1 N–H and O–H groups in total. The molecule has 0 bridgehead atoms. The molecule has 0 atom stereocenters. The van der Waals surface area contributed by atoms with E-state index in [9.17, 15) is 0 Å². The first-order valence-corrected chi connectivity index (χ1v) is 9.49. The van der Waals surface area contributed by atoms with Crippen molar-refractivity contribution < 1.29 is 4.43 Å². The van der Waals surface area contributed by atoms with Crippen LogP contribution in [0.25, 0.3) is 10.9 Å². The lowest BCUT2D eigenvalue weighted by molar-refractivity contribution is 0.428. The van der Waals surface area contributed by atoms with Gasteiger partial charge in [0.05, 0.1) is 11.7 Å². The number of nitrogens with zero attached hydrogens (tertiary/aromatic N) is 1. The lowest BCUT2D eigenvalue weighted by atomic mass is 10.0. The molecule has 0 unspecified atom stereocenters. The lowest BCUT2D eigenvalue weighted by Gasteiger charge is -2.31. The Labute approximate surface area is 110 Å². The van der Waals surface area contributed by atoms with Crippen LogP contribution in [-0.4, -0.2) is 18.5 Å². The topological polar surface area (TPSA) is 37.9 Å². The van der Waals surface area contributed by atoms with Gasteiger partial charge in [0.2, 0.25) is 8.32 Å². The Morgan fingerprint density at radius 1 is 1.28 bits per heavy atom. The van der Waals surface area contributed by atoms with Gasteiger partial charge >= 0.3 is 0 Å². The molecule has 18 heavy (non-hydrogen) atoms. The fraction of sp³-hybridized carbons (Fsp3) is 0.500. The monoisotopic (exact) mass is 262 g/mol. The van der Waals surface area contributed by atoms with Gasteiger partial charge in [-0.2, -0.15) is 5.10 Å². The van der Waals surface area contributed by atoms with Gasteiger partial charge in [-0.25, -0.2) is 0 Å². The lowest BCUT2D eigenvalue weighted by Crippen LogP contribution is -2.38. The maximum absolute atomic E-state index is 6.25. The smallest absolute Gasteiger partial charge is 0.245 e. The van der Waals surface area contributed by atoms with Crippen molar-refractivity contribution in [3.63, 3.8) is 0 Å². The highest BCUT2D eigenvalue weighted by Gasteiger charge is 2.30. The van der Waals surface area contributed by atoms with Crippen LogP contribution in [0.3, 0.4) is 0 Å². The number of benzene rings is 1. The molecule has 0 amide bonds. The first kappa shape index (κ1) is 13.1. The van der Waals surface area contributed by atoms with E-state index < -0.39 is 8.32 Å². The van der Waals surface area contributed by atoms with Crippen LogP contribution in [-0.2, 0) is 0 Å². The molecule has 0 spiro atoms. The van der Waals surface area contributed by atoms with Gasteiger partial charge in [-0.1, -0.05) is 20.8 Å². The Kier molecular flexibility index (Phi) is 3.23. The number of hydrogen-bond acceptors (Lipinski definition) is 2. The summed E-state index contributed by atoms with van der Waals surface area (Å²) in [6.07, 6.45) is 1.83. The number of fused-ring (bicyclic) bond motifs is 1. The second kappa shape index (κ2) is 4.43. The van der Waals surface area contributed by atoms with Crippen molar-refractivity contribution in [2.24, 2.45) is 5.41 Å². The van der Waals surface area contributed by atoms with E-state index in [0.29, 0.717) is 5.41 Å². The van der Waals surface area contributed by atoms with Gasteiger partial charge in [-0.05, 0) is 42.8 Å². The molecule has 0 saturated heterocycles.